The second-order valence-corrected chi connectivity index (χ2v) is 10.6. The Balaban J connectivity index is 2.43. The van der Waals surface area contributed by atoms with Gasteiger partial charge in [0.2, 0.25) is 11.8 Å². The molecule has 1 aliphatic carbocycles. The quantitative estimate of drug-likeness (QED) is 0.377. The van der Waals surface area contributed by atoms with Crippen molar-refractivity contribution < 1.29 is 33.8 Å². The minimum absolute atomic E-state index is 0.0124. The van der Waals surface area contributed by atoms with Gasteiger partial charge in [-0.25, -0.2) is 4.79 Å². The Morgan fingerprint density at radius 1 is 1.17 bits per heavy atom. The van der Waals surface area contributed by atoms with Crippen molar-refractivity contribution in [1.29, 1.82) is 0 Å². The third-order valence-corrected chi connectivity index (χ3v) is 6.34. The van der Waals surface area contributed by atoms with Crippen LogP contribution in [0.25, 0.3) is 0 Å². The summed E-state index contributed by atoms with van der Waals surface area (Å²) in [6, 6.07) is 3.78. The number of aromatic hydroxyl groups is 1. The fourth-order valence-electron chi connectivity index (χ4n) is 3.73. The van der Waals surface area contributed by atoms with E-state index in [1.807, 2.05) is 6.26 Å². The summed E-state index contributed by atoms with van der Waals surface area (Å²) in [5.74, 6) is -0.987. The highest BCUT2D eigenvalue weighted by Gasteiger charge is 2.42. The van der Waals surface area contributed by atoms with Crippen molar-refractivity contribution in [2.45, 2.75) is 70.2 Å². The lowest BCUT2D eigenvalue weighted by Crippen LogP contribution is -2.57. The number of nitrogens with zero attached hydrogens (tertiary/aromatic N) is 1. The van der Waals surface area contributed by atoms with E-state index in [-0.39, 0.29) is 18.3 Å². The Labute approximate surface area is 216 Å². The fourth-order valence-corrected chi connectivity index (χ4v) is 4.20. The van der Waals surface area contributed by atoms with Gasteiger partial charge in [-0.15, -0.1) is 0 Å². The number of hydrogen-bond acceptors (Lipinski definition) is 8. The van der Waals surface area contributed by atoms with E-state index < -0.39 is 41.6 Å². The standard InChI is InChI=1S/C25H37N3O7S/c1-25(2,3)35-24(33)27-19(13-14-36-5)23(32)28(17-7-6-8-17)21(16-9-11-18(29)12-10-16)22(31)26-15-20(30)34-4/h9-12,17,19,21,29H,6-8,13-15H2,1-5H3,(H,26,31)(H,27,33). The van der Waals surface area contributed by atoms with E-state index in [0.717, 1.165) is 6.42 Å². The predicted molar refractivity (Wildman–Crippen MR) is 137 cm³/mol. The van der Waals surface area contributed by atoms with Gasteiger partial charge in [0.25, 0.3) is 0 Å². The van der Waals surface area contributed by atoms with Crippen LogP contribution in [0.15, 0.2) is 24.3 Å². The number of alkyl carbamates (subject to hydrolysis) is 1. The molecule has 3 amide bonds. The minimum atomic E-state index is -1.08. The number of amides is 3. The molecule has 2 atom stereocenters. The van der Waals surface area contributed by atoms with Crippen LogP contribution in [0.1, 0.15) is 58.1 Å². The first kappa shape index (κ1) is 29.3. The zero-order chi connectivity index (χ0) is 26.9. The molecule has 0 aromatic heterocycles. The van der Waals surface area contributed by atoms with Crippen molar-refractivity contribution in [3.8, 4) is 5.75 Å². The summed E-state index contributed by atoms with van der Waals surface area (Å²) in [5.41, 5.74) is -0.274. The highest BCUT2D eigenvalue weighted by molar-refractivity contribution is 7.98. The molecule has 11 heteroatoms. The summed E-state index contributed by atoms with van der Waals surface area (Å²) in [6.07, 6.45) is 3.83. The van der Waals surface area contributed by atoms with Crippen molar-refractivity contribution >= 4 is 35.6 Å². The molecule has 0 spiro atoms. The Morgan fingerprint density at radius 2 is 1.81 bits per heavy atom. The third kappa shape index (κ3) is 8.61. The first-order valence-corrected chi connectivity index (χ1v) is 13.3. The van der Waals surface area contributed by atoms with E-state index in [1.165, 1.54) is 35.9 Å². The molecule has 1 aromatic carbocycles. The number of phenolic OH excluding ortho intramolecular Hbond substituents is 1. The number of esters is 1. The monoisotopic (exact) mass is 523 g/mol. The van der Waals surface area contributed by atoms with Gasteiger partial charge in [-0.3, -0.25) is 14.4 Å². The van der Waals surface area contributed by atoms with Gasteiger partial charge in [-0.1, -0.05) is 12.1 Å². The lowest BCUT2D eigenvalue weighted by Gasteiger charge is -2.43. The van der Waals surface area contributed by atoms with Crippen molar-refractivity contribution in [3.63, 3.8) is 0 Å². The number of nitrogens with one attached hydrogen (secondary N) is 2. The molecule has 0 aliphatic heterocycles. The molecule has 3 N–H and O–H groups in total. The average Bonchev–Trinajstić information content (AvgIpc) is 2.77. The van der Waals surface area contributed by atoms with Gasteiger partial charge >= 0.3 is 12.1 Å². The maximum absolute atomic E-state index is 14.0. The molecule has 36 heavy (non-hydrogen) atoms. The van der Waals surface area contributed by atoms with Crippen LogP contribution in [0.3, 0.4) is 0 Å². The molecule has 10 nitrogen and oxygen atoms in total. The van der Waals surface area contributed by atoms with Gasteiger partial charge < -0.3 is 30.1 Å². The second kappa shape index (κ2) is 13.4. The number of phenols is 1. The first-order chi connectivity index (χ1) is 17.0. The Morgan fingerprint density at radius 3 is 2.31 bits per heavy atom. The molecule has 2 unspecified atom stereocenters. The van der Waals surface area contributed by atoms with Crippen LogP contribution < -0.4 is 10.6 Å². The van der Waals surface area contributed by atoms with E-state index in [2.05, 4.69) is 15.4 Å². The van der Waals surface area contributed by atoms with Crippen molar-refractivity contribution in [3.05, 3.63) is 29.8 Å². The normalized spacial score (nSPS) is 15.1. The smallest absolute Gasteiger partial charge is 0.408 e. The molecule has 1 aliphatic rings. The second-order valence-electron chi connectivity index (χ2n) is 9.60. The van der Waals surface area contributed by atoms with E-state index in [9.17, 15) is 24.3 Å². The predicted octanol–water partition coefficient (Wildman–Crippen LogP) is 2.75. The van der Waals surface area contributed by atoms with Crippen LogP contribution in [-0.4, -0.2) is 77.2 Å². The minimum Gasteiger partial charge on any atom is -0.508 e. The van der Waals surface area contributed by atoms with Gasteiger partial charge in [-0.05, 0) is 76.2 Å². The molecular formula is C25H37N3O7S. The van der Waals surface area contributed by atoms with Crippen LogP contribution in [0, 0.1) is 0 Å². The highest BCUT2D eigenvalue weighted by atomic mass is 32.2. The van der Waals surface area contributed by atoms with E-state index in [1.54, 1.807) is 32.9 Å². The molecule has 200 valence electrons. The Kier molecular flexibility index (Phi) is 10.9. The molecule has 1 saturated carbocycles. The summed E-state index contributed by atoms with van der Waals surface area (Å²) in [7, 11) is 1.22. The van der Waals surface area contributed by atoms with Gasteiger partial charge in [0, 0.05) is 6.04 Å². The number of thioether (sulfide) groups is 1. The van der Waals surface area contributed by atoms with Gasteiger partial charge in [0.05, 0.1) is 7.11 Å². The average molecular weight is 524 g/mol. The van der Waals surface area contributed by atoms with E-state index in [4.69, 9.17) is 4.74 Å². The van der Waals surface area contributed by atoms with Crippen molar-refractivity contribution in [2.75, 3.05) is 25.7 Å². The molecular weight excluding hydrogens is 486 g/mol. The van der Waals surface area contributed by atoms with Gasteiger partial charge in [-0.2, -0.15) is 11.8 Å². The molecule has 2 rings (SSSR count). The van der Waals surface area contributed by atoms with Gasteiger partial charge in [0.1, 0.15) is 30.0 Å². The van der Waals surface area contributed by atoms with E-state index in [0.29, 0.717) is 30.6 Å². The van der Waals surface area contributed by atoms with Gasteiger partial charge in [0.15, 0.2) is 0 Å². The van der Waals surface area contributed by atoms with Crippen LogP contribution in [-0.2, 0) is 23.9 Å². The summed E-state index contributed by atoms with van der Waals surface area (Å²) in [6.45, 7) is 4.85. The molecule has 0 saturated heterocycles. The zero-order valence-electron chi connectivity index (χ0n) is 21.5. The molecule has 0 heterocycles. The fraction of sp³-hybridized carbons (Fsp3) is 0.600. The molecule has 1 aromatic rings. The molecule has 0 bridgehead atoms. The summed E-state index contributed by atoms with van der Waals surface area (Å²) in [4.78, 5) is 53.1. The number of hydrogen-bond donors (Lipinski definition) is 3. The number of carbonyl (C=O) groups excluding carboxylic acids is 4. The van der Waals surface area contributed by atoms with E-state index >= 15 is 0 Å². The largest absolute Gasteiger partial charge is 0.508 e. The highest BCUT2D eigenvalue weighted by Crippen LogP contribution is 2.34. The van der Waals surface area contributed by atoms with Crippen LogP contribution in [0.2, 0.25) is 0 Å². The third-order valence-electron chi connectivity index (χ3n) is 5.69. The maximum Gasteiger partial charge on any atom is 0.408 e. The summed E-state index contributed by atoms with van der Waals surface area (Å²) < 4.78 is 10.0. The Hall–Kier alpha value is -2.95. The maximum atomic E-state index is 14.0. The Bertz CT molecular complexity index is 913. The summed E-state index contributed by atoms with van der Waals surface area (Å²) >= 11 is 1.53. The van der Waals surface area contributed by atoms with Crippen molar-refractivity contribution in [2.24, 2.45) is 0 Å². The summed E-state index contributed by atoms with van der Waals surface area (Å²) in [5, 5.41) is 15.0. The zero-order valence-corrected chi connectivity index (χ0v) is 22.4. The number of carbonyl (C=O) groups is 4. The molecule has 1 fully saturated rings. The number of rotatable bonds is 11. The number of methoxy groups -OCH3 is 1. The number of ether oxygens (including phenoxy) is 2. The van der Waals surface area contributed by atoms with Crippen LogP contribution in [0.4, 0.5) is 4.79 Å². The topological polar surface area (TPSA) is 134 Å². The SMILES string of the molecule is COC(=O)CNC(=O)C(c1ccc(O)cc1)N(C(=O)C(CCSC)NC(=O)OC(C)(C)C)C1CCC1. The molecule has 0 radical (unpaired) electrons. The first-order valence-electron chi connectivity index (χ1n) is 11.9. The van der Waals surface area contributed by atoms with Crippen LogP contribution in [0.5, 0.6) is 5.75 Å². The lowest BCUT2D eigenvalue weighted by molar-refractivity contribution is -0.148. The lowest BCUT2D eigenvalue weighted by atomic mass is 9.88. The van der Waals surface area contributed by atoms with Crippen molar-refractivity contribution in [1.82, 2.24) is 15.5 Å². The number of benzene rings is 1. The van der Waals surface area contributed by atoms with Crippen LogP contribution >= 0.6 is 11.8 Å².